The van der Waals surface area contributed by atoms with Gasteiger partial charge in [0, 0.05) is 16.4 Å². The van der Waals surface area contributed by atoms with Crippen LogP contribution in [0.2, 0.25) is 0 Å². The lowest BCUT2D eigenvalue weighted by Crippen LogP contribution is -2.32. The van der Waals surface area contributed by atoms with E-state index in [0.29, 0.717) is 15.9 Å². The third-order valence-electron chi connectivity index (χ3n) is 2.49. The molecule has 0 radical (unpaired) electrons. The van der Waals surface area contributed by atoms with Crippen LogP contribution in [0.1, 0.15) is 19.3 Å². The largest absolute Gasteiger partial charge is 0.352 e. The smallest absolute Gasteiger partial charge is 0.220 e. The lowest BCUT2D eigenvalue weighted by atomic mass is 10.1. The van der Waals surface area contributed by atoms with Gasteiger partial charge >= 0.3 is 0 Å². The summed E-state index contributed by atoms with van der Waals surface area (Å²) in [5.74, 6) is 0.922. The maximum Gasteiger partial charge on any atom is 0.220 e. The third kappa shape index (κ3) is 0.946. The molecule has 1 saturated carbocycles. The Morgan fingerprint density at radius 1 is 1.50 bits per heavy atom. The second kappa shape index (κ2) is 2.36. The van der Waals surface area contributed by atoms with E-state index in [1.807, 2.05) is 0 Å². The van der Waals surface area contributed by atoms with Crippen LogP contribution in [0.4, 0.5) is 0 Å². The van der Waals surface area contributed by atoms with Gasteiger partial charge in [-0.1, -0.05) is 22.6 Å². The van der Waals surface area contributed by atoms with Gasteiger partial charge in [0.1, 0.15) is 0 Å². The Hall–Kier alpha value is 0.200. The van der Waals surface area contributed by atoms with Crippen LogP contribution in [-0.4, -0.2) is 15.9 Å². The van der Waals surface area contributed by atoms with Crippen LogP contribution < -0.4 is 5.32 Å². The van der Waals surface area contributed by atoms with Crippen molar-refractivity contribution in [3.8, 4) is 0 Å². The van der Waals surface area contributed by atoms with E-state index in [1.54, 1.807) is 0 Å². The average Bonchev–Trinajstić information content (AvgIpc) is 2.35. The molecule has 1 amide bonds. The Labute approximate surface area is 73.9 Å². The van der Waals surface area contributed by atoms with Crippen molar-refractivity contribution in [3.05, 3.63) is 0 Å². The molecule has 1 aliphatic carbocycles. The van der Waals surface area contributed by atoms with Crippen LogP contribution in [0, 0.1) is 5.92 Å². The van der Waals surface area contributed by atoms with E-state index in [1.165, 1.54) is 12.8 Å². The molecule has 0 unspecified atom stereocenters. The molecular formula is C7H10INO. The number of carbonyl (C=O) groups excluding carboxylic acids is 1. The van der Waals surface area contributed by atoms with E-state index in [2.05, 4.69) is 27.9 Å². The predicted octanol–water partition coefficient (Wildman–Crippen LogP) is 1.09. The quantitative estimate of drug-likeness (QED) is 0.506. The van der Waals surface area contributed by atoms with Crippen molar-refractivity contribution in [2.45, 2.75) is 29.2 Å². The topological polar surface area (TPSA) is 29.1 Å². The minimum absolute atomic E-state index is 0.261. The lowest BCUT2D eigenvalue weighted by Gasteiger charge is -2.11. The molecule has 2 fully saturated rings. The van der Waals surface area contributed by atoms with Crippen molar-refractivity contribution in [2.24, 2.45) is 5.92 Å². The fraction of sp³-hybridized carbons (Fsp3) is 0.857. The number of carbonyl (C=O) groups is 1. The summed E-state index contributed by atoms with van der Waals surface area (Å²) < 4.78 is 0.689. The van der Waals surface area contributed by atoms with Crippen molar-refractivity contribution in [3.63, 3.8) is 0 Å². The molecule has 0 aromatic heterocycles. The number of rotatable bonds is 0. The molecule has 1 aliphatic heterocycles. The summed E-state index contributed by atoms with van der Waals surface area (Å²) in [6.07, 6.45) is 3.32. The zero-order valence-corrected chi connectivity index (χ0v) is 7.80. The zero-order chi connectivity index (χ0) is 7.14. The summed E-state index contributed by atoms with van der Waals surface area (Å²) in [7, 11) is 0. The van der Waals surface area contributed by atoms with Crippen molar-refractivity contribution >= 4 is 28.5 Å². The Balaban J connectivity index is 2.12. The molecule has 10 heavy (non-hydrogen) atoms. The van der Waals surface area contributed by atoms with Gasteiger partial charge in [-0.2, -0.15) is 0 Å². The Bertz CT molecular complexity index is 171. The van der Waals surface area contributed by atoms with Gasteiger partial charge in [-0.15, -0.1) is 0 Å². The summed E-state index contributed by atoms with van der Waals surface area (Å²) in [6, 6.07) is 0.507. The molecule has 2 nitrogen and oxygen atoms in total. The van der Waals surface area contributed by atoms with E-state index >= 15 is 0 Å². The maximum atomic E-state index is 10.9. The lowest BCUT2D eigenvalue weighted by molar-refractivity contribution is -0.119. The third-order valence-corrected chi connectivity index (χ3v) is 3.88. The van der Waals surface area contributed by atoms with Gasteiger partial charge in [-0.25, -0.2) is 0 Å². The Morgan fingerprint density at radius 2 is 2.30 bits per heavy atom. The van der Waals surface area contributed by atoms with Crippen molar-refractivity contribution in [1.29, 1.82) is 0 Å². The van der Waals surface area contributed by atoms with Gasteiger partial charge in [0.2, 0.25) is 5.91 Å². The first kappa shape index (κ1) is 6.88. The second-order valence-corrected chi connectivity index (χ2v) is 4.75. The molecule has 0 spiro atoms. The van der Waals surface area contributed by atoms with Crippen molar-refractivity contribution in [2.75, 3.05) is 0 Å². The van der Waals surface area contributed by atoms with E-state index in [0.717, 1.165) is 6.42 Å². The summed E-state index contributed by atoms with van der Waals surface area (Å²) in [5.41, 5.74) is 0. The fourth-order valence-electron chi connectivity index (χ4n) is 1.95. The number of nitrogens with one attached hydrogen (secondary N) is 1. The molecule has 2 rings (SSSR count). The number of hydrogen-bond donors (Lipinski definition) is 1. The molecule has 0 bridgehead atoms. The Kier molecular flexibility index (Phi) is 1.62. The molecule has 1 saturated heterocycles. The first-order valence-corrected chi connectivity index (χ1v) is 4.95. The molecule has 3 atom stereocenters. The highest BCUT2D eigenvalue weighted by Crippen LogP contribution is 2.36. The van der Waals surface area contributed by atoms with Gasteiger partial charge in [0.15, 0.2) is 0 Å². The first-order chi connectivity index (χ1) is 4.77. The van der Waals surface area contributed by atoms with Crippen LogP contribution in [0.5, 0.6) is 0 Å². The fourth-order valence-corrected chi connectivity index (χ4v) is 3.07. The zero-order valence-electron chi connectivity index (χ0n) is 5.64. The molecule has 1 heterocycles. The van der Waals surface area contributed by atoms with Crippen LogP contribution in [-0.2, 0) is 4.79 Å². The minimum atomic E-state index is 0.261. The summed E-state index contributed by atoms with van der Waals surface area (Å²) in [5, 5.41) is 3.02. The predicted molar refractivity (Wildman–Crippen MR) is 47.1 cm³/mol. The van der Waals surface area contributed by atoms with Crippen LogP contribution >= 0.6 is 22.6 Å². The number of fused-ring (bicyclic) bond motifs is 1. The molecule has 1 N–H and O–H groups in total. The summed E-state index contributed by atoms with van der Waals surface area (Å²) >= 11 is 2.44. The van der Waals surface area contributed by atoms with Gasteiger partial charge < -0.3 is 5.32 Å². The standard InChI is InChI=1S/C7H10INO/c8-5-2-1-4-3-6(10)9-7(4)5/h4-5,7H,1-3H2,(H,9,10)/t4-,5-,7-/m0/s1. The molecular weight excluding hydrogens is 241 g/mol. The normalized spacial score (nSPS) is 45.3. The molecule has 0 aromatic rings. The van der Waals surface area contributed by atoms with Gasteiger partial charge in [0.05, 0.1) is 0 Å². The van der Waals surface area contributed by atoms with E-state index in [9.17, 15) is 4.79 Å². The number of hydrogen-bond acceptors (Lipinski definition) is 1. The van der Waals surface area contributed by atoms with Crippen molar-refractivity contribution in [1.82, 2.24) is 5.32 Å². The highest BCUT2D eigenvalue weighted by atomic mass is 127. The van der Waals surface area contributed by atoms with Gasteiger partial charge in [-0.05, 0) is 18.8 Å². The van der Waals surface area contributed by atoms with E-state index in [-0.39, 0.29) is 5.91 Å². The molecule has 3 heteroatoms. The monoisotopic (exact) mass is 251 g/mol. The maximum absolute atomic E-state index is 10.9. The van der Waals surface area contributed by atoms with Crippen LogP contribution in [0.3, 0.4) is 0 Å². The van der Waals surface area contributed by atoms with Crippen LogP contribution in [0.15, 0.2) is 0 Å². The second-order valence-electron chi connectivity index (χ2n) is 3.15. The average molecular weight is 251 g/mol. The summed E-state index contributed by atoms with van der Waals surface area (Å²) in [6.45, 7) is 0. The van der Waals surface area contributed by atoms with Gasteiger partial charge in [0.25, 0.3) is 0 Å². The number of amides is 1. The van der Waals surface area contributed by atoms with Gasteiger partial charge in [-0.3, -0.25) is 4.79 Å². The molecule has 56 valence electrons. The Morgan fingerprint density at radius 3 is 3.00 bits per heavy atom. The van der Waals surface area contributed by atoms with E-state index < -0.39 is 0 Å². The van der Waals surface area contributed by atoms with E-state index in [4.69, 9.17) is 0 Å². The molecule has 0 aromatic carbocycles. The van der Waals surface area contributed by atoms with Crippen molar-refractivity contribution < 1.29 is 4.79 Å². The molecule has 2 aliphatic rings. The SMILES string of the molecule is O=C1C[C@@H]2CC[C@H](I)[C@H]2N1. The number of alkyl halides is 1. The number of halogens is 1. The summed E-state index contributed by atoms with van der Waals surface area (Å²) in [4.78, 5) is 10.9. The van der Waals surface area contributed by atoms with Crippen LogP contribution in [0.25, 0.3) is 0 Å². The first-order valence-electron chi connectivity index (χ1n) is 3.71. The highest BCUT2D eigenvalue weighted by Gasteiger charge is 2.41. The minimum Gasteiger partial charge on any atom is -0.352 e. The highest BCUT2D eigenvalue weighted by molar-refractivity contribution is 14.1.